The molecule has 2 N–H and O–H groups in total. The number of halogens is 2. The lowest BCUT2D eigenvalue weighted by atomic mass is 9.82. The van der Waals surface area contributed by atoms with Crippen LogP contribution in [0.3, 0.4) is 0 Å². The molecule has 7 rings (SSSR count). The lowest BCUT2D eigenvalue weighted by molar-refractivity contribution is -0.119. The summed E-state index contributed by atoms with van der Waals surface area (Å²) in [5, 5.41) is 4.16. The average molecular weight is 685 g/mol. The molecule has 1 atom stereocenters. The van der Waals surface area contributed by atoms with Crippen LogP contribution in [0.2, 0.25) is 0 Å². The number of rotatable bonds is 10. The van der Waals surface area contributed by atoms with Gasteiger partial charge in [-0.25, -0.2) is 24.2 Å². The van der Waals surface area contributed by atoms with E-state index in [1.807, 2.05) is 35.6 Å². The molecule has 264 valence electrons. The Hall–Kier alpha value is -4.42. The highest BCUT2D eigenvalue weighted by molar-refractivity contribution is 5.98. The number of hydrogen-bond acceptors (Lipinski definition) is 7. The van der Waals surface area contributed by atoms with Crippen molar-refractivity contribution in [2.24, 2.45) is 0 Å². The van der Waals surface area contributed by atoms with E-state index in [1.54, 1.807) is 25.4 Å². The van der Waals surface area contributed by atoms with Crippen molar-refractivity contribution < 1.29 is 18.4 Å². The number of nitrogens with zero attached hydrogens (tertiary/aromatic N) is 6. The van der Waals surface area contributed by atoms with Crippen LogP contribution in [0.25, 0.3) is 22.3 Å². The molecule has 2 fully saturated rings. The summed E-state index contributed by atoms with van der Waals surface area (Å²) < 4.78 is 27.8. The van der Waals surface area contributed by atoms with E-state index in [2.05, 4.69) is 45.7 Å². The van der Waals surface area contributed by atoms with Gasteiger partial charge in [0.2, 0.25) is 5.91 Å². The number of hydrazine groups is 1. The van der Waals surface area contributed by atoms with Gasteiger partial charge in [0.1, 0.15) is 11.7 Å². The quantitative estimate of drug-likeness (QED) is 0.188. The number of pyridine rings is 1. The van der Waals surface area contributed by atoms with E-state index in [4.69, 9.17) is 9.97 Å². The smallest absolute Gasteiger partial charge is 0.255 e. The second kappa shape index (κ2) is 14.1. The maximum absolute atomic E-state index is 13.6. The van der Waals surface area contributed by atoms with Crippen molar-refractivity contribution >= 4 is 40.0 Å². The van der Waals surface area contributed by atoms with Crippen molar-refractivity contribution in [3.8, 4) is 11.3 Å². The minimum atomic E-state index is -2.64. The van der Waals surface area contributed by atoms with Crippen molar-refractivity contribution in [2.75, 3.05) is 29.5 Å². The van der Waals surface area contributed by atoms with Crippen molar-refractivity contribution in [3.05, 3.63) is 65.5 Å². The van der Waals surface area contributed by atoms with E-state index in [-0.39, 0.29) is 18.1 Å². The largest absolute Gasteiger partial charge is 0.346 e. The number of imidazole rings is 1. The second-order valence-corrected chi connectivity index (χ2v) is 13.8. The molecule has 2 amide bonds. The number of hydrogen-bond donors (Lipinski definition) is 2. The van der Waals surface area contributed by atoms with Gasteiger partial charge in [0.15, 0.2) is 5.82 Å². The van der Waals surface area contributed by atoms with Crippen molar-refractivity contribution in [1.29, 1.82) is 0 Å². The fourth-order valence-electron chi connectivity index (χ4n) is 7.71. The number of nitrogens with one attached hydrogen (secondary N) is 2. The highest BCUT2D eigenvalue weighted by Gasteiger charge is 2.40. The first-order valence-corrected chi connectivity index (χ1v) is 18.0. The van der Waals surface area contributed by atoms with Crippen LogP contribution in [-0.4, -0.2) is 69.4 Å². The van der Waals surface area contributed by atoms with Crippen LogP contribution in [0.15, 0.2) is 48.8 Å². The van der Waals surface area contributed by atoms with Crippen LogP contribution >= 0.6 is 0 Å². The summed E-state index contributed by atoms with van der Waals surface area (Å²) in [6.45, 7) is 9.43. The van der Waals surface area contributed by atoms with Crippen LogP contribution in [0.4, 0.5) is 26.0 Å². The zero-order valence-electron chi connectivity index (χ0n) is 29.3. The summed E-state index contributed by atoms with van der Waals surface area (Å²) in [5.74, 6) is 0.172. The lowest BCUT2D eigenvalue weighted by Gasteiger charge is -2.49. The van der Waals surface area contributed by atoms with E-state index in [1.165, 1.54) is 19.3 Å². The number of carbonyl (C=O) groups is 2. The van der Waals surface area contributed by atoms with Gasteiger partial charge < -0.3 is 19.7 Å². The minimum Gasteiger partial charge on any atom is -0.346 e. The van der Waals surface area contributed by atoms with E-state index >= 15 is 0 Å². The van der Waals surface area contributed by atoms with Gasteiger partial charge in [-0.3, -0.25) is 14.6 Å². The molecule has 2 aliphatic heterocycles. The Morgan fingerprint density at radius 3 is 2.56 bits per heavy atom. The van der Waals surface area contributed by atoms with Gasteiger partial charge in [-0.05, 0) is 94.4 Å². The molecule has 1 saturated heterocycles. The SMILES string of the molecule is CCC(=O)N(c1cc(-c2cc3ncn4c3c(n2)N(c2ccc(C)c(C(=O)NCC(F)F)c2)NC4C)ccc1CC)C1CC(N2CCCCC2)C1. The average Bonchev–Trinajstić information content (AvgIpc) is 3.55. The topological polar surface area (TPSA) is 98.6 Å². The Kier molecular flexibility index (Phi) is 9.58. The fourth-order valence-corrected chi connectivity index (χ4v) is 7.71. The number of piperidine rings is 1. The van der Waals surface area contributed by atoms with Crippen molar-refractivity contribution in [2.45, 2.75) is 97.3 Å². The molecule has 50 heavy (non-hydrogen) atoms. The molecule has 1 aliphatic carbocycles. The number of anilines is 3. The number of carbonyl (C=O) groups excluding carboxylic acids is 2. The second-order valence-electron chi connectivity index (χ2n) is 13.8. The summed E-state index contributed by atoms with van der Waals surface area (Å²) in [6.07, 6.45) is 5.99. The zero-order valence-corrected chi connectivity index (χ0v) is 29.3. The van der Waals surface area contributed by atoms with Gasteiger partial charge >= 0.3 is 0 Å². The van der Waals surface area contributed by atoms with E-state index in [0.717, 1.165) is 60.2 Å². The van der Waals surface area contributed by atoms with Gasteiger partial charge in [0.25, 0.3) is 12.3 Å². The molecule has 10 nitrogen and oxygen atoms in total. The van der Waals surface area contributed by atoms with Crippen LogP contribution in [0, 0.1) is 6.92 Å². The predicted molar refractivity (Wildman–Crippen MR) is 192 cm³/mol. The number of benzene rings is 2. The summed E-state index contributed by atoms with van der Waals surface area (Å²) in [6, 6.07) is 14.3. The number of alkyl halides is 2. The molecular weight excluding hydrogens is 638 g/mol. The summed E-state index contributed by atoms with van der Waals surface area (Å²) >= 11 is 0. The van der Waals surface area contributed by atoms with Gasteiger partial charge in [-0.15, -0.1) is 0 Å². The van der Waals surface area contributed by atoms with Crippen LogP contribution in [0.1, 0.15) is 86.9 Å². The molecule has 12 heteroatoms. The van der Waals surface area contributed by atoms with E-state index in [0.29, 0.717) is 40.8 Å². The third-order valence-corrected chi connectivity index (χ3v) is 10.6. The van der Waals surface area contributed by atoms with E-state index in [9.17, 15) is 18.4 Å². The Balaban J connectivity index is 1.26. The Morgan fingerprint density at radius 1 is 1.06 bits per heavy atom. The molecule has 1 saturated carbocycles. The highest BCUT2D eigenvalue weighted by atomic mass is 19.3. The first-order valence-electron chi connectivity index (χ1n) is 18.0. The maximum atomic E-state index is 13.6. The monoisotopic (exact) mass is 684 g/mol. The molecule has 0 bridgehead atoms. The van der Waals surface area contributed by atoms with Gasteiger partial charge in [-0.1, -0.05) is 38.5 Å². The van der Waals surface area contributed by atoms with Gasteiger partial charge in [0.05, 0.1) is 29.8 Å². The molecular formula is C38H46F2N8O2. The molecule has 2 aromatic heterocycles. The Morgan fingerprint density at radius 2 is 1.84 bits per heavy atom. The Labute approximate surface area is 291 Å². The normalized spacial score (nSPS) is 20.6. The van der Waals surface area contributed by atoms with Crippen LogP contribution < -0.4 is 20.7 Å². The first-order chi connectivity index (χ1) is 24.2. The Bertz CT molecular complexity index is 1900. The third-order valence-electron chi connectivity index (χ3n) is 10.6. The third kappa shape index (κ3) is 6.35. The zero-order chi connectivity index (χ0) is 35.1. The van der Waals surface area contributed by atoms with E-state index < -0.39 is 18.9 Å². The molecule has 2 aromatic carbocycles. The summed E-state index contributed by atoms with van der Waals surface area (Å²) in [5.41, 5.74) is 10.3. The molecule has 0 radical (unpaired) electrons. The van der Waals surface area contributed by atoms with Gasteiger partial charge in [0, 0.05) is 35.3 Å². The van der Waals surface area contributed by atoms with Crippen LogP contribution in [0.5, 0.6) is 0 Å². The van der Waals surface area contributed by atoms with Crippen molar-refractivity contribution in [3.63, 3.8) is 0 Å². The fraction of sp³-hybridized carbons (Fsp3) is 0.474. The predicted octanol–water partition coefficient (Wildman–Crippen LogP) is 6.90. The standard InChI is InChI=1S/C38H46F2N8O2/c1-5-25-11-12-26(16-33(25)47(35(49)6-2)29-17-28(18-29)45-14-8-7-9-15-45)31-20-32-36-37(43-31)48(44-24(4)46(36)22-42-32)27-13-10-23(3)30(19-27)38(50)41-21-34(39)40/h10-13,16,19-20,22,24,28-29,34,44H,5-9,14-15,17-18,21H2,1-4H3,(H,41,50). The molecule has 0 spiro atoms. The highest BCUT2D eigenvalue weighted by Crippen LogP contribution is 2.41. The lowest BCUT2D eigenvalue weighted by Crippen LogP contribution is -2.56. The maximum Gasteiger partial charge on any atom is 0.255 e. The molecule has 3 aliphatic rings. The van der Waals surface area contributed by atoms with Crippen LogP contribution in [-0.2, 0) is 11.2 Å². The molecule has 4 aromatic rings. The number of aryl methyl sites for hydroxylation is 2. The van der Waals surface area contributed by atoms with Gasteiger partial charge in [-0.2, -0.15) is 0 Å². The number of aromatic nitrogens is 3. The minimum absolute atomic E-state index is 0.133. The summed E-state index contributed by atoms with van der Waals surface area (Å²) in [4.78, 5) is 41.1. The molecule has 1 unspecified atom stereocenters. The number of amides is 2. The molecule has 4 heterocycles. The van der Waals surface area contributed by atoms with Crippen molar-refractivity contribution in [1.82, 2.24) is 30.2 Å². The summed E-state index contributed by atoms with van der Waals surface area (Å²) in [7, 11) is 0. The first kappa shape index (κ1) is 34.0. The number of likely N-dealkylation sites (tertiary alicyclic amines) is 1.